The Labute approximate surface area is 112 Å². The molecule has 2 heterocycles. The van der Waals surface area contributed by atoms with Crippen LogP contribution in [0, 0.1) is 5.41 Å². The predicted octanol–water partition coefficient (Wildman–Crippen LogP) is -0.0302. The minimum atomic E-state index is -4.91. The second kappa shape index (κ2) is 4.59. The van der Waals surface area contributed by atoms with Gasteiger partial charge in [0.1, 0.15) is 5.54 Å². The molecule has 2 rings (SSSR count). The highest BCUT2D eigenvalue weighted by Gasteiger charge is 2.65. The molecular formula is C11H15F3N2O4. The molecule has 0 spiro atoms. The van der Waals surface area contributed by atoms with Crippen LogP contribution in [-0.2, 0) is 14.3 Å². The third-order valence-electron chi connectivity index (χ3n) is 3.99. The number of likely N-dealkylation sites (tertiary alicyclic amines) is 1. The summed E-state index contributed by atoms with van der Waals surface area (Å²) in [6.45, 7) is -0.971. The van der Waals surface area contributed by atoms with Crippen LogP contribution in [0.2, 0.25) is 0 Å². The van der Waals surface area contributed by atoms with Crippen LogP contribution in [0.5, 0.6) is 0 Å². The van der Waals surface area contributed by atoms with Crippen molar-refractivity contribution < 1.29 is 32.6 Å². The lowest BCUT2D eigenvalue weighted by molar-refractivity contribution is -0.227. The van der Waals surface area contributed by atoms with E-state index in [4.69, 9.17) is 15.6 Å². The van der Waals surface area contributed by atoms with E-state index in [1.807, 2.05) is 0 Å². The van der Waals surface area contributed by atoms with Crippen molar-refractivity contribution in [2.45, 2.75) is 24.6 Å². The number of aliphatic carboxylic acids is 1. The zero-order valence-electron chi connectivity index (χ0n) is 10.6. The lowest BCUT2D eigenvalue weighted by Gasteiger charge is -2.30. The molecule has 114 valence electrons. The van der Waals surface area contributed by atoms with Gasteiger partial charge in [-0.1, -0.05) is 0 Å². The first kappa shape index (κ1) is 15.0. The van der Waals surface area contributed by atoms with Gasteiger partial charge in [-0.25, -0.2) is 0 Å². The fourth-order valence-corrected chi connectivity index (χ4v) is 2.57. The molecule has 20 heavy (non-hydrogen) atoms. The SMILES string of the molecule is NC1(C(=O)N2CCC(C(=O)O)(C(F)(F)F)C2)CCOC1. The van der Waals surface area contributed by atoms with Crippen molar-refractivity contribution in [1.82, 2.24) is 4.90 Å². The molecule has 0 radical (unpaired) electrons. The Morgan fingerprint density at radius 1 is 1.30 bits per heavy atom. The molecule has 0 aromatic heterocycles. The number of alkyl halides is 3. The van der Waals surface area contributed by atoms with Gasteiger partial charge in [0.15, 0.2) is 5.41 Å². The average Bonchev–Trinajstić information content (AvgIpc) is 2.94. The van der Waals surface area contributed by atoms with Crippen molar-refractivity contribution in [1.29, 1.82) is 0 Å². The third-order valence-corrected chi connectivity index (χ3v) is 3.99. The second-order valence-electron chi connectivity index (χ2n) is 5.32. The molecule has 0 saturated carbocycles. The second-order valence-corrected chi connectivity index (χ2v) is 5.32. The standard InChI is InChI=1S/C11H15F3N2O4/c12-11(13,14)9(8(18)19)1-3-16(5-9)7(17)10(15)2-4-20-6-10/h1-6,15H2,(H,18,19). The maximum atomic E-state index is 13.0. The van der Waals surface area contributed by atoms with Crippen LogP contribution in [0.15, 0.2) is 0 Å². The number of amides is 1. The first-order valence-electron chi connectivity index (χ1n) is 6.09. The van der Waals surface area contributed by atoms with E-state index in [1.54, 1.807) is 0 Å². The molecule has 2 fully saturated rings. The van der Waals surface area contributed by atoms with Gasteiger partial charge in [0, 0.05) is 19.7 Å². The van der Waals surface area contributed by atoms with E-state index in [-0.39, 0.29) is 26.2 Å². The van der Waals surface area contributed by atoms with Crippen molar-refractivity contribution in [3.05, 3.63) is 0 Å². The lowest BCUT2D eigenvalue weighted by atomic mass is 9.86. The molecule has 6 nitrogen and oxygen atoms in total. The monoisotopic (exact) mass is 296 g/mol. The molecule has 2 saturated heterocycles. The van der Waals surface area contributed by atoms with Crippen molar-refractivity contribution in [2.24, 2.45) is 11.1 Å². The molecule has 0 aromatic carbocycles. The number of carboxylic acid groups (broad SMARTS) is 1. The number of nitrogens with two attached hydrogens (primary N) is 1. The molecule has 0 bridgehead atoms. The molecule has 2 aliphatic rings. The molecule has 9 heteroatoms. The Hall–Kier alpha value is -1.35. The number of nitrogens with zero attached hydrogens (tertiary/aromatic N) is 1. The number of carbonyl (C=O) groups is 2. The molecule has 0 aliphatic carbocycles. The van der Waals surface area contributed by atoms with E-state index in [1.165, 1.54) is 0 Å². The smallest absolute Gasteiger partial charge is 0.406 e. The molecule has 2 aliphatic heterocycles. The van der Waals surface area contributed by atoms with Crippen molar-refractivity contribution in [2.75, 3.05) is 26.3 Å². The van der Waals surface area contributed by atoms with Gasteiger partial charge >= 0.3 is 12.1 Å². The van der Waals surface area contributed by atoms with Crippen LogP contribution in [0.4, 0.5) is 13.2 Å². The molecular weight excluding hydrogens is 281 g/mol. The minimum Gasteiger partial charge on any atom is -0.481 e. The summed E-state index contributed by atoms with van der Waals surface area (Å²) in [4.78, 5) is 24.1. The summed E-state index contributed by atoms with van der Waals surface area (Å²) in [5.41, 5.74) is 1.56. The van der Waals surface area contributed by atoms with Gasteiger partial charge in [0.05, 0.1) is 6.61 Å². The summed E-state index contributed by atoms with van der Waals surface area (Å²) in [6, 6.07) is 0. The number of hydrogen-bond donors (Lipinski definition) is 2. The Morgan fingerprint density at radius 3 is 2.35 bits per heavy atom. The number of rotatable bonds is 2. The van der Waals surface area contributed by atoms with Crippen molar-refractivity contribution in [3.63, 3.8) is 0 Å². The van der Waals surface area contributed by atoms with Gasteiger partial charge in [-0.3, -0.25) is 9.59 Å². The summed E-state index contributed by atoms with van der Waals surface area (Å²) in [6.07, 6.45) is -5.36. The van der Waals surface area contributed by atoms with E-state index < -0.39 is 42.0 Å². The summed E-state index contributed by atoms with van der Waals surface area (Å²) in [5.74, 6) is -2.64. The number of hydrogen-bond acceptors (Lipinski definition) is 4. The highest BCUT2D eigenvalue weighted by molar-refractivity contribution is 5.88. The fraction of sp³-hybridized carbons (Fsp3) is 0.818. The first-order chi connectivity index (χ1) is 9.12. The van der Waals surface area contributed by atoms with E-state index in [0.717, 1.165) is 4.90 Å². The number of carbonyl (C=O) groups excluding carboxylic acids is 1. The lowest BCUT2D eigenvalue weighted by Crippen LogP contribution is -2.56. The van der Waals surface area contributed by atoms with Crippen molar-refractivity contribution >= 4 is 11.9 Å². The van der Waals surface area contributed by atoms with Crippen LogP contribution < -0.4 is 5.73 Å². The van der Waals surface area contributed by atoms with E-state index in [9.17, 15) is 22.8 Å². The van der Waals surface area contributed by atoms with Crippen LogP contribution >= 0.6 is 0 Å². The number of carboxylic acids is 1. The zero-order chi connectivity index (χ0) is 15.2. The first-order valence-corrected chi connectivity index (χ1v) is 6.09. The van der Waals surface area contributed by atoms with Crippen molar-refractivity contribution in [3.8, 4) is 0 Å². The van der Waals surface area contributed by atoms with Gasteiger partial charge in [0.2, 0.25) is 5.91 Å². The summed E-state index contributed by atoms with van der Waals surface area (Å²) in [5, 5.41) is 8.91. The Balaban J connectivity index is 2.19. The molecule has 0 aromatic rings. The normalized spacial score (nSPS) is 34.5. The molecule has 2 atom stereocenters. The van der Waals surface area contributed by atoms with Crippen LogP contribution in [0.1, 0.15) is 12.8 Å². The van der Waals surface area contributed by atoms with Crippen LogP contribution in [0.3, 0.4) is 0 Å². The zero-order valence-corrected chi connectivity index (χ0v) is 10.6. The quantitative estimate of drug-likeness (QED) is 0.746. The van der Waals surface area contributed by atoms with Gasteiger partial charge in [0.25, 0.3) is 0 Å². The highest BCUT2D eigenvalue weighted by atomic mass is 19.4. The maximum Gasteiger partial charge on any atom is 0.406 e. The molecule has 3 N–H and O–H groups in total. The Bertz CT molecular complexity index is 434. The summed E-state index contributed by atoms with van der Waals surface area (Å²) < 4.78 is 44.0. The van der Waals surface area contributed by atoms with Gasteiger partial charge in [-0.05, 0) is 12.8 Å². The van der Waals surface area contributed by atoms with Crippen LogP contribution in [0.25, 0.3) is 0 Å². The fourth-order valence-electron chi connectivity index (χ4n) is 2.57. The topological polar surface area (TPSA) is 92.9 Å². The summed E-state index contributed by atoms with van der Waals surface area (Å²) in [7, 11) is 0. The average molecular weight is 296 g/mol. The van der Waals surface area contributed by atoms with E-state index >= 15 is 0 Å². The predicted molar refractivity (Wildman–Crippen MR) is 59.7 cm³/mol. The summed E-state index contributed by atoms with van der Waals surface area (Å²) >= 11 is 0. The Morgan fingerprint density at radius 2 is 1.95 bits per heavy atom. The number of halogens is 3. The van der Waals surface area contributed by atoms with E-state index in [2.05, 4.69) is 0 Å². The molecule has 1 amide bonds. The van der Waals surface area contributed by atoms with Gasteiger partial charge in [-0.15, -0.1) is 0 Å². The molecule has 2 unspecified atom stereocenters. The van der Waals surface area contributed by atoms with Gasteiger partial charge < -0.3 is 20.5 Å². The third kappa shape index (κ3) is 2.14. The Kier molecular flexibility index (Phi) is 3.45. The maximum absolute atomic E-state index is 13.0. The van der Waals surface area contributed by atoms with Crippen LogP contribution in [-0.4, -0.2) is 59.9 Å². The highest BCUT2D eigenvalue weighted by Crippen LogP contribution is 2.46. The van der Waals surface area contributed by atoms with Gasteiger partial charge in [-0.2, -0.15) is 13.2 Å². The van der Waals surface area contributed by atoms with E-state index in [0.29, 0.717) is 0 Å². The largest absolute Gasteiger partial charge is 0.481 e. The minimum absolute atomic E-state index is 0.0611. The number of ether oxygens (including phenoxy) is 1.